The van der Waals surface area contributed by atoms with Crippen LogP contribution in [0.2, 0.25) is 0 Å². The molecule has 0 spiro atoms. The van der Waals surface area contributed by atoms with Crippen molar-refractivity contribution >= 4 is 22.7 Å². The molecule has 2 rings (SSSR count). The standard InChI is InChI=1S/C12H15NS2/c1-10(7-12-3-2-5-15-12)13-8-11-4-6-14-9-11/h2-6,9-10,13H,7-8H2,1H3. The summed E-state index contributed by atoms with van der Waals surface area (Å²) in [5, 5.41) is 10.0. The first-order valence-corrected chi connectivity index (χ1v) is 6.93. The molecule has 0 aliphatic rings. The minimum atomic E-state index is 0.545. The molecule has 0 aromatic carbocycles. The Labute approximate surface area is 98.8 Å². The van der Waals surface area contributed by atoms with Crippen LogP contribution >= 0.6 is 22.7 Å². The summed E-state index contributed by atoms with van der Waals surface area (Å²) in [6.45, 7) is 3.22. The van der Waals surface area contributed by atoms with Crippen molar-refractivity contribution in [2.45, 2.75) is 25.9 Å². The highest BCUT2D eigenvalue weighted by molar-refractivity contribution is 7.09. The summed E-state index contributed by atoms with van der Waals surface area (Å²) in [6, 6.07) is 7.04. The van der Waals surface area contributed by atoms with Gasteiger partial charge in [0, 0.05) is 17.5 Å². The molecule has 0 saturated heterocycles. The average molecular weight is 237 g/mol. The summed E-state index contributed by atoms with van der Waals surface area (Å²) in [5.41, 5.74) is 1.39. The van der Waals surface area contributed by atoms with Crippen molar-refractivity contribution in [3.05, 3.63) is 44.8 Å². The van der Waals surface area contributed by atoms with Gasteiger partial charge in [-0.05, 0) is 47.2 Å². The van der Waals surface area contributed by atoms with Gasteiger partial charge in [0.15, 0.2) is 0 Å². The van der Waals surface area contributed by atoms with Gasteiger partial charge in [-0.2, -0.15) is 11.3 Å². The number of hydrogen-bond donors (Lipinski definition) is 1. The smallest absolute Gasteiger partial charge is 0.0216 e. The monoisotopic (exact) mass is 237 g/mol. The van der Waals surface area contributed by atoms with Gasteiger partial charge >= 0.3 is 0 Å². The van der Waals surface area contributed by atoms with Gasteiger partial charge in [0.1, 0.15) is 0 Å². The van der Waals surface area contributed by atoms with Gasteiger partial charge in [-0.3, -0.25) is 0 Å². The van der Waals surface area contributed by atoms with Crippen molar-refractivity contribution in [3.63, 3.8) is 0 Å². The fourth-order valence-corrected chi connectivity index (χ4v) is 2.99. The van der Waals surface area contributed by atoms with Gasteiger partial charge in [0.25, 0.3) is 0 Å². The minimum Gasteiger partial charge on any atom is -0.310 e. The molecule has 0 amide bonds. The second-order valence-electron chi connectivity index (χ2n) is 3.70. The molecular formula is C12H15NS2. The maximum atomic E-state index is 3.54. The van der Waals surface area contributed by atoms with E-state index in [1.165, 1.54) is 10.4 Å². The maximum absolute atomic E-state index is 3.54. The summed E-state index contributed by atoms with van der Waals surface area (Å²) < 4.78 is 0. The Morgan fingerprint density at radius 1 is 1.33 bits per heavy atom. The highest BCUT2D eigenvalue weighted by atomic mass is 32.1. The molecule has 3 heteroatoms. The Balaban J connectivity index is 1.76. The lowest BCUT2D eigenvalue weighted by Crippen LogP contribution is -2.26. The summed E-state index contributed by atoms with van der Waals surface area (Å²) in [5.74, 6) is 0. The molecule has 0 fully saturated rings. The van der Waals surface area contributed by atoms with Gasteiger partial charge in [0.05, 0.1) is 0 Å². The third-order valence-corrected chi connectivity index (χ3v) is 3.95. The first kappa shape index (κ1) is 10.9. The topological polar surface area (TPSA) is 12.0 Å². The highest BCUT2D eigenvalue weighted by Crippen LogP contribution is 2.11. The Morgan fingerprint density at radius 2 is 2.27 bits per heavy atom. The second-order valence-corrected chi connectivity index (χ2v) is 5.51. The summed E-state index contributed by atoms with van der Waals surface area (Å²) in [4.78, 5) is 1.46. The van der Waals surface area contributed by atoms with Crippen LogP contribution in [0, 0.1) is 0 Å². The predicted octanol–water partition coefficient (Wildman–Crippen LogP) is 3.53. The van der Waals surface area contributed by atoms with Crippen molar-refractivity contribution in [3.8, 4) is 0 Å². The molecule has 2 heterocycles. The van der Waals surface area contributed by atoms with Crippen LogP contribution in [0.25, 0.3) is 0 Å². The highest BCUT2D eigenvalue weighted by Gasteiger charge is 2.03. The zero-order valence-electron chi connectivity index (χ0n) is 8.77. The van der Waals surface area contributed by atoms with Crippen LogP contribution in [0.3, 0.4) is 0 Å². The van der Waals surface area contributed by atoms with E-state index in [2.05, 4.69) is 46.6 Å². The Hall–Kier alpha value is -0.640. The summed E-state index contributed by atoms with van der Waals surface area (Å²) in [7, 11) is 0. The largest absolute Gasteiger partial charge is 0.310 e. The van der Waals surface area contributed by atoms with Crippen molar-refractivity contribution in [1.29, 1.82) is 0 Å². The van der Waals surface area contributed by atoms with E-state index >= 15 is 0 Å². The van der Waals surface area contributed by atoms with Crippen molar-refractivity contribution in [1.82, 2.24) is 5.32 Å². The fraction of sp³-hybridized carbons (Fsp3) is 0.333. The maximum Gasteiger partial charge on any atom is 0.0216 e. The van der Waals surface area contributed by atoms with Crippen LogP contribution in [-0.4, -0.2) is 6.04 Å². The molecule has 0 saturated carbocycles. The van der Waals surface area contributed by atoms with Crippen LogP contribution in [-0.2, 0) is 13.0 Å². The van der Waals surface area contributed by atoms with Gasteiger partial charge in [0.2, 0.25) is 0 Å². The Kier molecular flexibility index (Phi) is 3.94. The fourth-order valence-electron chi connectivity index (χ4n) is 1.49. The number of nitrogens with one attached hydrogen (secondary N) is 1. The zero-order chi connectivity index (χ0) is 10.5. The van der Waals surface area contributed by atoms with Gasteiger partial charge in [-0.25, -0.2) is 0 Å². The first-order valence-electron chi connectivity index (χ1n) is 5.11. The van der Waals surface area contributed by atoms with Crippen LogP contribution in [0.4, 0.5) is 0 Å². The molecule has 0 aliphatic carbocycles. The molecule has 0 bridgehead atoms. The van der Waals surface area contributed by atoms with E-state index in [4.69, 9.17) is 0 Å². The second kappa shape index (κ2) is 5.45. The minimum absolute atomic E-state index is 0.545. The van der Waals surface area contributed by atoms with Crippen LogP contribution in [0.1, 0.15) is 17.4 Å². The van der Waals surface area contributed by atoms with E-state index < -0.39 is 0 Å². The third kappa shape index (κ3) is 3.45. The zero-order valence-corrected chi connectivity index (χ0v) is 10.4. The lowest BCUT2D eigenvalue weighted by atomic mass is 10.2. The molecule has 80 valence electrons. The normalized spacial score (nSPS) is 12.9. The molecule has 2 aromatic heterocycles. The van der Waals surface area contributed by atoms with Gasteiger partial charge in [-0.15, -0.1) is 11.3 Å². The Morgan fingerprint density at radius 3 is 2.93 bits per heavy atom. The SMILES string of the molecule is CC(Cc1cccs1)NCc1ccsc1. The van der Waals surface area contributed by atoms with Gasteiger partial charge < -0.3 is 5.32 Å². The first-order chi connectivity index (χ1) is 7.34. The molecule has 1 atom stereocenters. The lowest BCUT2D eigenvalue weighted by Gasteiger charge is -2.11. The number of rotatable bonds is 5. The van der Waals surface area contributed by atoms with Crippen molar-refractivity contribution < 1.29 is 0 Å². The van der Waals surface area contributed by atoms with Crippen LogP contribution in [0.15, 0.2) is 34.3 Å². The summed E-state index contributed by atoms with van der Waals surface area (Å²) >= 11 is 3.60. The van der Waals surface area contributed by atoms with E-state index in [1.807, 2.05) is 11.3 Å². The molecule has 1 nitrogen and oxygen atoms in total. The van der Waals surface area contributed by atoms with E-state index in [0.717, 1.165) is 13.0 Å². The quantitative estimate of drug-likeness (QED) is 0.839. The van der Waals surface area contributed by atoms with E-state index in [9.17, 15) is 0 Å². The predicted molar refractivity (Wildman–Crippen MR) is 68.6 cm³/mol. The van der Waals surface area contributed by atoms with Crippen LogP contribution < -0.4 is 5.32 Å². The molecule has 15 heavy (non-hydrogen) atoms. The summed E-state index contributed by atoms with van der Waals surface area (Å²) in [6.07, 6.45) is 1.13. The van der Waals surface area contributed by atoms with E-state index in [0.29, 0.717) is 6.04 Å². The third-order valence-electron chi connectivity index (χ3n) is 2.32. The molecule has 1 unspecified atom stereocenters. The number of hydrogen-bond acceptors (Lipinski definition) is 3. The molecule has 0 aliphatic heterocycles. The van der Waals surface area contributed by atoms with E-state index in [1.54, 1.807) is 11.3 Å². The Bertz CT molecular complexity index is 364. The molecule has 0 radical (unpaired) electrons. The number of thiophene rings is 2. The molecule has 1 N–H and O–H groups in total. The molecular weight excluding hydrogens is 222 g/mol. The van der Waals surface area contributed by atoms with E-state index in [-0.39, 0.29) is 0 Å². The van der Waals surface area contributed by atoms with Crippen molar-refractivity contribution in [2.24, 2.45) is 0 Å². The molecule has 2 aromatic rings. The lowest BCUT2D eigenvalue weighted by molar-refractivity contribution is 0.549. The van der Waals surface area contributed by atoms with Crippen LogP contribution in [0.5, 0.6) is 0 Å². The average Bonchev–Trinajstić information content (AvgIpc) is 2.86. The van der Waals surface area contributed by atoms with Gasteiger partial charge in [-0.1, -0.05) is 6.07 Å². The van der Waals surface area contributed by atoms with Crippen molar-refractivity contribution in [2.75, 3.05) is 0 Å².